The van der Waals surface area contributed by atoms with Crippen LogP contribution >= 0.6 is 0 Å². The van der Waals surface area contributed by atoms with Crippen molar-refractivity contribution in [2.24, 2.45) is 11.8 Å². The lowest BCUT2D eigenvalue weighted by molar-refractivity contribution is -0.277. The van der Waals surface area contributed by atoms with Crippen LogP contribution in [0.3, 0.4) is 0 Å². The summed E-state index contributed by atoms with van der Waals surface area (Å²) in [6, 6.07) is 14.3. The van der Waals surface area contributed by atoms with E-state index in [2.05, 4.69) is 0 Å². The number of aliphatic hydroxyl groups is 8. The van der Waals surface area contributed by atoms with E-state index < -0.39 is 155 Å². The van der Waals surface area contributed by atoms with Crippen LogP contribution < -0.4 is 9.47 Å². The molecule has 2 saturated heterocycles. The molecule has 0 radical (unpaired) electrons. The van der Waals surface area contributed by atoms with E-state index in [1.165, 1.54) is 48.5 Å². The molecule has 3 aliphatic rings. The van der Waals surface area contributed by atoms with Gasteiger partial charge >= 0.3 is 0 Å². The van der Waals surface area contributed by atoms with E-state index in [0.717, 1.165) is 24.3 Å². The van der Waals surface area contributed by atoms with Crippen molar-refractivity contribution in [3.63, 3.8) is 0 Å². The van der Waals surface area contributed by atoms with Crippen molar-refractivity contribution in [1.29, 1.82) is 0 Å². The van der Waals surface area contributed by atoms with Crippen LogP contribution in [-0.2, 0) is 9.47 Å². The molecule has 2 heterocycles. The third-order valence-corrected chi connectivity index (χ3v) is 11.5. The first kappa shape index (κ1) is 44.3. The van der Waals surface area contributed by atoms with Crippen molar-refractivity contribution in [3.05, 3.63) is 95.1 Å². The fourth-order valence-electron chi connectivity index (χ4n) is 8.39. The van der Waals surface area contributed by atoms with Crippen molar-refractivity contribution >= 4 is 11.6 Å². The van der Waals surface area contributed by atoms with Gasteiger partial charge in [-0.15, -0.1) is 0 Å². The standard InChI is InChI=1S/C42H44O20/c43-13-25-33(51)37(55)39(57)41(61-25)59-23-11-19(47)9-21(49)29(23)35(53)31-27(15-1-5-17(45)6-2-15)28(16-3-7-18(46)8-4-16)32(31)36(54)30-22(50)10-20(48)12-24(30)60-42-40(58)38(56)34(52)26(14-44)62-42/h1-12,25-28,31-34,37-52,55-58H,13-14H2/t25-,26-,27-,28+,31+,32-,33-,34-,37+,38+,39-,40-,41-,42-/m1/s1. The summed E-state index contributed by atoms with van der Waals surface area (Å²) in [6.07, 6.45) is -18.3. The Morgan fingerprint density at radius 1 is 0.468 bits per heavy atom. The number of aromatic hydroxyl groups is 6. The molecule has 20 heteroatoms. The average Bonchev–Trinajstić information content (AvgIpc) is 3.21. The molecular weight excluding hydrogens is 824 g/mol. The first-order valence-corrected chi connectivity index (χ1v) is 19.2. The number of Topliss-reactive ketones (excluding diaryl/α,β-unsaturated/α-hetero) is 2. The molecule has 14 atom stereocenters. The third kappa shape index (κ3) is 8.04. The van der Waals surface area contributed by atoms with Crippen molar-refractivity contribution in [1.82, 2.24) is 0 Å². The summed E-state index contributed by atoms with van der Waals surface area (Å²) < 4.78 is 22.4. The van der Waals surface area contributed by atoms with Gasteiger partial charge in [0.25, 0.3) is 0 Å². The number of benzene rings is 4. The van der Waals surface area contributed by atoms with Crippen LogP contribution in [0, 0.1) is 11.8 Å². The lowest BCUT2D eigenvalue weighted by Gasteiger charge is -2.51. The lowest BCUT2D eigenvalue weighted by Crippen LogP contribution is -2.60. The molecule has 0 aromatic heterocycles. The number of ether oxygens (including phenoxy) is 4. The molecule has 1 saturated carbocycles. The summed E-state index contributed by atoms with van der Waals surface area (Å²) in [5.74, 6) is -12.2. The maximum absolute atomic E-state index is 15.2. The molecule has 14 N–H and O–H groups in total. The Bertz CT molecular complexity index is 2100. The van der Waals surface area contributed by atoms with Crippen LogP contribution in [0.5, 0.6) is 46.0 Å². The van der Waals surface area contributed by atoms with Gasteiger partial charge in [-0.25, -0.2) is 0 Å². The summed E-state index contributed by atoms with van der Waals surface area (Å²) in [6.45, 7) is -1.71. The van der Waals surface area contributed by atoms with E-state index in [9.17, 15) is 71.5 Å². The summed E-state index contributed by atoms with van der Waals surface area (Å²) in [7, 11) is 0. The molecule has 2 aliphatic heterocycles. The molecule has 332 valence electrons. The smallest absolute Gasteiger partial charge is 0.229 e. The Morgan fingerprint density at radius 2 is 0.806 bits per heavy atom. The normalized spacial score (nSPS) is 32.1. The zero-order valence-corrected chi connectivity index (χ0v) is 32.1. The molecule has 0 bridgehead atoms. The number of hydrogen-bond acceptors (Lipinski definition) is 20. The number of hydrogen-bond donors (Lipinski definition) is 14. The van der Waals surface area contributed by atoms with E-state index >= 15 is 9.59 Å². The second-order valence-electron chi connectivity index (χ2n) is 15.3. The summed E-state index contributed by atoms with van der Waals surface area (Å²) in [4.78, 5) is 30.5. The number of ketones is 2. The van der Waals surface area contributed by atoms with Gasteiger partial charge in [0.05, 0.1) is 13.2 Å². The van der Waals surface area contributed by atoms with E-state index in [1.807, 2.05) is 0 Å². The number of phenols is 6. The Labute approximate surface area is 350 Å². The van der Waals surface area contributed by atoms with Gasteiger partial charge in [0.15, 0.2) is 11.6 Å². The van der Waals surface area contributed by atoms with Gasteiger partial charge in [-0.1, -0.05) is 24.3 Å². The highest BCUT2D eigenvalue weighted by Crippen LogP contribution is 2.61. The number of aliphatic hydroxyl groups excluding tert-OH is 8. The van der Waals surface area contributed by atoms with Crippen molar-refractivity contribution < 1.29 is 100 Å². The Morgan fingerprint density at radius 3 is 1.13 bits per heavy atom. The number of phenolic OH excluding ortho intramolecular Hbond substituents is 6. The summed E-state index contributed by atoms with van der Waals surface area (Å²) in [5, 5.41) is 147. The summed E-state index contributed by atoms with van der Waals surface area (Å²) >= 11 is 0. The highest BCUT2D eigenvalue weighted by atomic mass is 16.7. The van der Waals surface area contributed by atoms with Gasteiger partial charge in [0, 0.05) is 47.9 Å². The van der Waals surface area contributed by atoms with Gasteiger partial charge in [-0.2, -0.15) is 0 Å². The number of carbonyl (C=O) groups excluding carboxylic acids is 2. The molecule has 0 unspecified atom stereocenters. The minimum Gasteiger partial charge on any atom is -0.508 e. The monoisotopic (exact) mass is 868 g/mol. The van der Waals surface area contributed by atoms with Gasteiger partial charge in [-0.3, -0.25) is 9.59 Å². The summed E-state index contributed by atoms with van der Waals surface area (Å²) in [5.41, 5.74) is -0.678. The maximum atomic E-state index is 15.2. The van der Waals surface area contributed by atoms with Crippen LogP contribution in [-0.4, -0.2) is 158 Å². The van der Waals surface area contributed by atoms with Crippen LogP contribution in [0.1, 0.15) is 43.7 Å². The number of rotatable bonds is 12. The first-order valence-electron chi connectivity index (χ1n) is 19.2. The molecule has 62 heavy (non-hydrogen) atoms. The van der Waals surface area contributed by atoms with Crippen molar-refractivity contribution in [2.75, 3.05) is 13.2 Å². The van der Waals surface area contributed by atoms with Crippen LogP contribution in [0.15, 0.2) is 72.8 Å². The van der Waals surface area contributed by atoms with Crippen LogP contribution in [0.4, 0.5) is 0 Å². The molecular formula is C42H44O20. The van der Waals surface area contributed by atoms with Gasteiger partial charge < -0.3 is 90.4 Å². The van der Waals surface area contributed by atoms with E-state index in [-0.39, 0.29) is 11.5 Å². The van der Waals surface area contributed by atoms with E-state index in [1.54, 1.807) is 0 Å². The SMILES string of the molecule is O=C(c1c(O)cc(O)cc1O[C@@H]1O[C@H](CO)[C@@H](O)[C@H](O)[C@H]1O)[C@@H]1[C@H](C(=O)c2c(O)cc(O)cc2O[C@@H]2O[C@H](CO)[C@@H](O)[C@H](O)[C@H]2O)[C@@H](c2ccc(O)cc2)[C@H]1c1ccc(O)cc1. The van der Waals surface area contributed by atoms with Gasteiger partial charge in [-0.05, 0) is 35.4 Å². The highest BCUT2D eigenvalue weighted by Gasteiger charge is 2.59. The Hall–Kier alpha value is -5.78. The predicted molar refractivity (Wildman–Crippen MR) is 206 cm³/mol. The Kier molecular flexibility index (Phi) is 12.5. The number of carbonyl (C=O) groups is 2. The molecule has 1 aliphatic carbocycles. The molecule has 4 aromatic carbocycles. The van der Waals surface area contributed by atoms with Crippen LogP contribution in [0.25, 0.3) is 0 Å². The molecule has 0 spiro atoms. The second kappa shape index (κ2) is 17.5. The lowest BCUT2D eigenvalue weighted by atomic mass is 9.49. The Balaban J connectivity index is 1.37. The highest BCUT2D eigenvalue weighted by molar-refractivity contribution is 6.11. The molecule has 4 aromatic rings. The van der Waals surface area contributed by atoms with Crippen molar-refractivity contribution in [3.8, 4) is 46.0 Å². The quantitative estimate of drug-likeness (QED) is 0.0772. The minimum atomic E-state index is -2.01. The topological polar surface area (TPSA) is 354 Å². The molecule has 0 amide bonds. The van der Waals surface area contributed by atoms with E-state index in [0.29, 0.717) is 11.1 Å². The van der Waals surface area contributed by atoms with Gasteiger partial charge in [0.2, 0.25) is 12.6 Å². The van der Waals surface area contributed by atoms with Crippen molar-refractivity contribution in [2.45, 2.75) is 73.2 Å². The predicted octanol–water partition coefficient (Wildman–Crippen LogP) is -0.843. The molecule has 7 rings (SSSR count). The molecule has 3 fully saturated rings. The second-order valence-corrected chi connectivity index (χ2v) is 15.3. The zero-order chi connectivity index (χ0) is 44.9. The fraction of sp³-hybridized carbons (Fsp3) is 0.381. The van der Waals surface area contributed by atoms with Crippen LogP contribution in [0.2, 0.25) is 0 Å². The zero-order valence-electron chi connectivity index (χ0n) is 32.1. The maximum Gasteiger partial charge on any atom is 0.229 e. The average molecular weight is 869 g/mol. The molecule has 20 nitrogen and oxygen atoms in total. The largest absolute Gasteiger partial charge is 0.508 e. The fourth-order valence-corrected chi connectivity index (χ4v) is 8.39. The third-order valence-electron chi connectivity index (χ3n) is 11.5. The minimum absolute atomic E-state index is 0.167. The first-order chi connectivity index (χ1) is 29.4. The van der Waals surface area contributed by atoms with Gasteiger partial charge in [0.1, 0.15) is 106 Å². The van der Waals surface area contributed by atoms with E-state index in [4.69, 9.17) is 18.9 Å².